The van der Waals surface area contributed by atoms with E-state index in [1.165, 1.54) is 238 Å². The predicted octanol–water partition coefficient (Wildman–Crippen LogP) is 17.7. The first kappa shape index (κ1) is 58.6. The van der Waals surface area contributed by atoms with Crippen molar-refractivity contribution in [3.05, 3.63) is 36.5 Å². The van der Waals surface area contributed by atoms with E-state index in [2.05, 4.69) is 43.5 Å². The third kappa shape index (κ3) is 47.7. The Bertz CT molecular complexity index is 912. The number of allylic oxidation sites excluding steroid dienone is 5. The number of carbonyl (C=O) groups is 1. The zero-order valence-electron chi connectivity index (χ0n) is 40.7. The Morgan fingerprint density at radius 3 is 0.967 bits per heavy atom. The Balaban J connectivity index is 3.41. The van der Waals surface area contributed by atoms with E-state index in [1.54, 1.807) is 6.08 Å². The molecule has 3 N–H and O–H groups in total. The fraction of sp³-hybridized carbons (Fsp3) is 0.875. The summed E-state index contributed by atoms with van der Waals surface area (Å²) in [5.74, 6) is -0.0738. The van der Waals surface area contributed by atoms with Crippen LogP contribution in [0.2, 0.25) is 0 Å². The number of carbonyl (C=O) groups excluding carboxylic acids is 1. The molecule has 0 aromatic heterocycles. The van der Waals surface area contributed by atoms with Crippen molar-refractivity contribution >= 4 is 5.91 Å². The van der Waals surface area contributed by atoms with Crippen molar-refractivity contribution in [2.24, 2.45) is 0 Å². The summed E-state index contributed by atoms with van der Waals surface area (Å²) in [6.07, 6.45) is 70.3. The summed E-state index contributed by atoms with van der Waals surface area (Å²) < 4.78 is 0. The van der Waals surface area contributed by atoms with Crippen LogP contribution in [0.25, 0.3) is 0 Å². The van der Waals surface area contributed by atoms with Crippen LogP contribution >= 0.6 is 0 Å². The van der Waals surface area contributed by atoms with Gasteiger partial charge >= 0.3 is 0 Å². The molecule has 0 aliphatic carbocycles. The third-order valence-electron chi connectivity index (χ3n) is 12.6. The van der Waals surface area contributed by atoms with Crippen molar-refractivity contribution in [2.75, 3.05) is 6.61 Å². The molecule has 0 aromatic carbocycles. The van der Waals surface area contributed by atoms with Gasteiger partial charge in [-0.05, 0) is 44.9 Å². The second-order valence-corrected chi connectivity index (χ2v) is 18.6. The summed E-state index contributed by atoms with van der Waals surface area (Å²) >= 11 is 0. The molecule has 4 nitrogen and oxygen atoms in total. The van der Waals surface area contributed by atoms with Gasteiger partial charge in [-0.3, -0.25) is 4.79 Å². The van der Waals surface area contributed by atoms with Crippen LogP contribution in [0, 0.1) is 0 Å². The summed E-state index contributed by atoms with van der Waals surface area (Å²) in [6, 6.07) is -0.642. The quantitative estimate of drug-likeness (QED) is 0.0422. The Hall–Kier alpha value is -1.39. The van der Waals surface area contributed by atoms with Crippen LogP contribution in [0.3, 0.4) is 0 Å². The number of amides is 1. The maximum Gasteiger partial charge on any atom is 0.220 e. The molecule has 0 heterocycles. The van der Waals surface area contributed by atoms with E-state index in [0.717, 1.165) is 38.5 Å². The van der Waals surface area contributed by atoms with Gasteiger partial charge in [0.25, 0.3) is 0 Å². The highest BCUT2D eigenvalue weighted by molar-refractivity contribution is 5.76. The lowest BCUT2D eigenvalue weighted by Crippen LogP contribution is -2.45. The summed E-state index contributed by atoms with van der Waals surface area (Å²) in [6.45, 7) is 4.29. The first-order valence-corrected chi connectivity index (χ1v) is 27.2. The largest absolute Gasteiger partial charge is 0.394 e. The van der Waals surface area contributed by atoms with Gasteiger partial charge in [0.05, 0.1) is 18.8 Å². The molecule has 60 heavy (non-hydrogen) atoms. The molecule has 2 unspecified atom stereocenters. The molecule has 0 saturated heterocycles. The number of aliphatic hydroxyl groups excluding tert-OH is 2. The minimum absolute atomic E-state index is 0.0738. The Morgan fingerprint density at radius 2 is 0.650 bits per heavy atom. The van der Waals surface area contributed by atoms with Crippen molar-refractivity contribution < 1.29 is 15.0 Å². The van der Waals surface area contributed by atoms with Gasteiger partial charge in [-0.25, -0.2) is 0 Å². The molecule has 2 atom stereocenters. The summed E-state index contributed by atoms with van der Waals surface area (Å²) in [7, 11) is 0. The molecule has 0 rings (SSSR count). The highest BCUT2D eigenvalue weighted by Gasteiger charge is 2.18. The van der Waals surface area contributed by atoms with Crippen LogP contribution in [-0.4, -0.2) is 34.9 Å². The smallest absolute Gasteiger partial charge is 0.220 e. The monoisotopic (exact) mass is 842 g/mol. The molecule has 0 aliphatic heterocycles. The van der Waals surface area contributed by atoms with E-state index in [9.17, 15) is 15.0 Å². The lowest BCUT2D eigenvalue weighted by molar-refractivity contribution is -0.123. The highest BCUT2D eigenvalue weighted by Crippen LogP contribution is 2.17. The predicted molar refractivity (Wildman–Crippen MR) is 267 cm³/mol. The third-order valence-corrected chi connectivity index (χ3v) is 12.6. The van der Waals surface area contributed by atoms with Crippen LogP contribution in [0.4, 0.5) is 0 Å². The van der Waals surface area contributed by atoms with Crippen molar-refractivity contribution in [1.82, 2.24) is 5.32 Å². The van der Waals surface area contributed by atoms with Gasteiger partial charge in [-0.15, -0.1) is 0 Å². The van der Waals surface area contributed by atoms with Gasteiger partial charge in [0.1, 0.15) is 0 Å². The normalized spacial score (nSPS) is 13.1. The average molecular weight is 842 g/mol. The highest BCUT2D eigenvalue weighted by atomic mass is 16.3. The van der Waals surface area contributed by atoms with Gasteiger partial charge < -0.3 is 15.5 Å². The topological polar surface area (TPSA) is 69.6 Å². The molecule has 0 saturated carbocycles. The van der Waals surface area contributed by atoms with E-state index in [1.807, 2.05) is 6.08 Å². The Morgan fingerprint density at radius 1 is 0.383 bits per heavy atom. The SMILES string of the molecule is CCCCCC/C=C/CC/C=C/CC/C=C/C(O)C(CO)NC(=O)CCCCCCCCCCCCCCCCCCCCCCCCCCCCCCCCCCCC. The number of rotatable bonds is 50. The lowest BCUT2D eigenvalue weighted by atomic mass is 10.0. The second-order valence-electron chi connectivity index (χ2n) is 18.6. The first-order chi connectivity index (χ1) is 29.7. The van der Waals surface area contributed by atoms with Crippen LogP contribution in [0.1, 0.15) is 296 Å². The van der Waals surface area contributed by atoms with Crippen LogP contribution in [0.15, 0.2) is 36.5 Å². The number of unbranched alkanes of at least 4 members (excludes halogenated alkanes) is 39. The molecule has 0 fully saturated rings. The van der Waals surface area contributed by atoms with E-state index >= 15 is 0 Å². The lowest BCUT2D eigenvalue weighted by Gasteiger charge is -2.19. The zero-order chi connectivity index (χ0) is 43.5. The van der Waals surface area contributed by atoms with Crippen molar-refractivity contribution in [1.29, 1.82) is 0 Å². The van der Waals surface area contributed by atoms with Gasteiger partial charge in [0.2, 0.25) is 5.91 Å². The van der Waals surface area contributed by atoms with Gasteiger partial charge in [-0.1, -0.05) is 281 Å². The molecule has 354 valence electrons. The Kier molecular flexibility index (Phi) is 50.8. The molecule has 0 aliphatic rings. The van der Waals surface area contributed by atoms with Crippen LogP contribution in [-0.2, 0) is 4.79 Å². The van der Waals surface area contributed by atoms with E-state index in [4.69, 9.17) is 0 Å². The average Bonchev–Trinajstić information content (AvgIpc) is 3.25. The van der Waals surface area contributed by atoms with Gasteiger partial charge in [0, 0.05) is 6.42 Å². The maximum absolute atomic E-state index is 12.4. The molecule has 0 aromatic rings. The number of nitrogens with one attached hydrogen (secondary N) is 1. The van der Waals surface area contributed by atoms with Gasteiger partial charge in [0.15, 0.2) is 0 Å². The molecule has 0 radical (unpaired) electrons. The molecule has 0 spiro atoms. The number of aliphatic hydroxyl groups is 2. The molecule has 0 bridgehead atoms. The van der Waals surface area contributed by atoms with Crippen LogP contribution in [0.5, 0.6) is 0 Å². The minimum Gasteiger partial charge on any atom is -0.394 e. The molecule has 4 heteroatoms. The second kappa shape index (κ2) is 52.0. The summed E-state index contributed by atoms with van der Waals surface area (Å²) in [4.78, 5) is 12.4. The van der Waals surface area contributed by atoms with Crippen molar-refractivity contribution in [3.63, 3.8) is 0 Å². The number of hydrogen-bond donors (Lipinski definition) is 3. The minimum atomic E-state index is -0.867. The standard InChI is InChI=1S/C56H107NO3/c1-3-5-7-9-11-13-15-17-19-20-21-22-23-24-25-26-27-28-29-30-31-32-33-34-35-36-37-38-40-42-44-46-48-50-52-56(60)57-54(53-58)55(59)51-49-47-45-43-41-39-18-16-14-12-10-8-6-4-2/h14,16,41,43,49,51,54-55,58-59H,3-13,15,17-40,42,44-48,50,52-53H2,1-2H3,(H,57,60)/b16-14+,43-41+,51-49+. The molecular formula is C56H107NO3. The summed E-state index contributed by atoms with van der Waals surface area (Å²) in [5, 5.41) is 23.0. The van der Waals surface area contributed by atoms with E-state index in [0.29, 0.717) is 6.42 Å². The molecule has 1 amide bonds. The molecular weight excluding hydrogens is 735 g/mol. The van der Waals surface area contributed by atoms with Crippen LogP contribution < -0.4 is 5.32 Å². The summed E-state index contributed by atoms with van der Waals surface area (Å²) in [5.41, 5.74) is 0. The first-order valence-electron chi connectivity index (χ1n) is 27.2. The Labute approximate surface area is 376 Å². The van der Waals surface area contributed by atoms with E-state index in [-0.39, 0.29) is 12.5 Å². The maximum atomic E-state index is 12.4. The van der Waals surface area contributed by atoms with Crippen molar-refractivity contribution in [3.8, 4) is 0 Å². The van der Waals surface area contributed by atoms with E-state index < -0.39 is 12.1 Å². The van der Waals surface area contributed by atoms with Crippen molar-refractivity contribution in [2.45, 2.75) is 309 Å². The fourth-order valence-corrected chi connectivity index (χ4v) is 8.45. The van der Waals surface area contributed by atoms with Gasteiger partial charge in [-0.2, -0.15) is 0 Å². The fourth-order valence-electron chi connectivity index (χ4n) is 8.45. The zero-order valence-corrected chi connectivity index (χ0v) is 40.7. The number of hydrogen-bond acceptors (Lipinski definition) is 3.